The molecule has 2 N–H and O–H groups in total. The number of carbonyl (C=O) groups is 1. The molecule has 1 aromatic heterocycles. The van der Waals surface area contributed by atoms with Gasteiger partial charge in [-0.1, -0.05) is 17.7 Å². The number of nitrogens with zero attached hydrogens (tertiary/aromatic N) is 3. The number of nitro groups is 1. The molecule has 0 aliphatic rings. The first-order valence-electron chi connectivity index (χ1n) is 6.54. The number of pyridine rings is 1. The second-order valence-electron chi connectivity index (χ2n) is 4.41. The van der Waals surface area contributed by atoms with E-state index in [1.165, 1.54) is 18.3 Å². The van der Waals surface area contributed by atoms with Crippen molar-refractivity contribution in [3.05, 3.63) is 69.5 Å². The van der Waals surface area contributed by atoms with Crippen LogP contribution in [0.4, 0.5) is 17.2 Å². The minimum absolute atomic E-state index is 0.0501. The number of benzene rings is 1. The highest BCUT2D eigenvalue weighted by molar-refractivity contribution is 6.32. The van der Waals surface area contributed by atoms with Gasteiger partial charge >= 0.3 is 0 Å². The second kappa shape index (κ2) is 7.71. The normalized spacial score (nSPS) is 10.6. The molecule has 0 aliphatic heterocycles. The molecule has 0 atom stereocenters. The first-order chi connectivity index (χ1) is 11.5. The number of carbonyl (C=O) groups excluding carboxylic acids is 1. The Bertz CT molecular complexity index is 846. The van der Waals surface area contributed by atoms with E-state index in [0.29, 0.717) is 5.82 Å². The average molecular weight is 344 g/mol. The van der Waals surface area contributed by atoms with Crippen LogP contribution in [-0.2, 0) is 4.79 Å². The maximum Gasteiger partial charge on any atom is 0.289 e. The average Bonchev–Trinajstić information content (AvgIpc) is 2.58. The van der Waals surface area contributed by atoms with Gasteiger partial charge < -0.3 is 10.6 Å². The van der Waals surface area contributed by atoms with E-state index in [1.54, 1.807) is 30.5 Å². The van der Waals surface area contributed by atoms with Crippen LogP contribution in [-0.4, -0.2) is 15.8 Å². The molecule has 0 fully saturated rings. The Morgan fingerprint density at radius 2 is 2.17 bits per heavy atom. The van der Waals surface area contributed by atoms with Crippen molar-refractivity contribution in [1.82, 2.24) is 4.98 Å². The van der Waals surface area contributed by atoms with Crippen LogP contribution in [0.25, 0.3) is 0 Å². The summed E-state index contributed by atoms with van der Waals surface area (Å²) in [6.45, 7) is 0. The first kappa shape index (κ1) is 16.9. The van der Waals surface area contributed by atoms with Gasteiger partial charge in [-0.25, -0.2) is 4.98 Å². The van der Waals surface area contributed by atoms with Crippen LogP contribution in [0.2, 0.25) is 5.02 Å². The van der Waals surface area contributed by atoms with Gasteiger partial charge in [0.25, 0.3) is 11.6 Å². The smallest absolute Gasteiger partial charge is 0.289 e. The molecule has 0 unspecified atom stereocenters. The third kappa shape index (κ3) is 4.28. The van der Waals surface area contributed by atoms with Gasteiger partial charge in [0, 0.05) is 24.2 Å². The molecular weight excluding hydrogens is 334 g/mol. The van der Waals surface area contributed by atoms with Gasteiger partial charge in [-0.15, -0.1) is 0 Å². The van der Waals surface area contributed by atoms with Crippen molar-refractivity contribution in [3.8, 4) is 6.07 Å². The van der Waals surface area contributed by atoms with Gasteiger partial charge in [0.05, 0.1) is 4.92 Å². The van der Waals surface area contributed by atoms with Gasteiger partial charge in [-0.3, -0.25) is 14.9 Å². The number of rotatable bonds is 5. The summed E-state index contributed by atoms with van der Waals surface area (Å²) in [6.07, 6.45) is 2.75. The summed E-state index contributed by atoms with van der Waals surface area (Å²) in [5.41, 5.74) is -0.420. The number of amides is 1. The third-order valence-electron chi connectivity index (χ3n) is 2.80. The first-order valence-corrected chi connectivity index (χ1v) is 6.92. The fraction of sp³-hybridized carbons (Fsp3) is 0. The summed E-state index contributed by atoms with van der Waals surface area (Å²) >= 11 is 5.70. The monoisotopic (exact) mass is 343 g/mol. The topological polar surface area (TPSA) is 121 Å². The number of aromatic nitrogens is 1. The highest BCUT2D eigenvalue weighted by Gasteiger charge is 2.15. The molecule has 1 aromatic carbocycles. The zero-order chi connectivity index (χ0) is 17.5. The number of halogens is 1. The molecule has 1 heterocycles. The lowest BCUT2D eigenvalue weighted by Gasteiger charge is -2.05. The minimum Gasteiger partial charge on any atom is -0.345 e. The van der Waals surface area contributed by atoms with E-state index in [-0.39, 0.29) is 22.0 Å². The molecule has 0 radical (unpaired) electrons. The fourth-order valence-corrected chi connectivity index (χ4v) is 1.86. The molecule has 2 aromatic rings. The SMILES string of the molecule is N#C/C(=C/Nc1ccccn1)C(=O)Nc1ccc(Cl)c([N+](=O)[O-])c1. The number of nitro benzene ring substituents is 1. The Labute approximate surface area is 141 Å². The molecule has 2 rings (SSSR count). The summed E-state index contributed by atoms with van der Waals surface area (Å²) in [4.78, 5) is 26.2. The van der Waals surface area contributed by atoms with Crippen LogP contribution in [0, 0.1) is 21.4 Å². The molecule has 0 saturated carbocycles. The Morgan fingerprint density at radius 1 is 1.38 bits per heavy atom. The van der Waals surface area contributed by atoms with Crippen LogP contribution < -0.4 is 10.6 Å². The Balaban J connectivity index is 2.14. The summed E-state index contributed by atoms with van der Waals surface area (Å²) in [7, 11) is 0. The Hall–Kier alpha value is -3.44. The number of nitriles is 1. The molecule has 9 heteroatoms. The van der Waals surface area contributed by atoms with Crippen molar-refractivity contribution in [1.29, 1.82) is 5.26 Å². The van der Waals surface area contributed by atoms with E-state index in [2.05, 4.69) is 15.6 Å². The molecule has 0 spiro atoms. The van der Waals surface area contributed by atoms with Gasteiger partial charge in [-0.2, -0.15) is 5.26 Å². The molecule has 0 saturated heterocycles. The Kier molecular flexibility index (Phi) is 5.44. The highest BCUT2D eigenvalue weighted by Crippen LogP contribution is 2.27. The number of anilines is 2. The summed E-state index contributed by atoms with van der Waals surface area (Å²) < 4.78 is 0. The largest absolute Gasteiger partial charge is 0.345 e. The van der Waals surface area contributed by atoms with Crippen LogP contribution in [0.5, 0.6) is 0 Å². The number of hydrogen-bond donors (Lipinski definition) is 2. The quantitative estimate of drug-likeness (QED) is 0.372. The molecular formula is C15H10ClN5O3. The Morgan fingerprint density at radius 3 is 2.79 bits per heavy atom. The van der Waals surface area contributed by atoms with Crippen molar-refractivity contribution < 1.29 is 9.72 Å². The second-order valence-corrected chi connectivity index (χ2v) is 4.81. The maximum atomic E-state index is 12.1. The van der Waals surface area contributed by atoms with Crippen LogP contribution in [0.3, 0.4) is 0 Å². The van der Waals surface area contributed by atoms with Gasteiger partial charge in [0.15, 0.2) is 0 Å². The van der Waals surface area contributed by atoms with Gasteiger partial charge in [-0.05, 0) is 24.3 Å². The van der Waals surface area contributed by atoms with Crippen LogP contribution >= 0.6 is 11.6 Å². The zero-order valence-electron chi connectivity index (χ0n) is 12.1. The van der Waals surface area contributed by atoms with Crippen LogP contribution in [0.1, 0.15) is 0 Å². The van der Waals surface area contributed by atoms with Gasteiger partial charge in [0.1, 0.15) is 22.5 Å². The van der Waals surface area contributed by atoms with Crippen molar-refractivity contribution >= 4 is 34.7 Å². The fourth-order valence-electron chi connectivity index (χ4n) is 1.67. The van der Waals surface area contributed by atoms with Crippen molar-refractivity contribution in [3.63, 3.8) is 0 Å². The lowest BCUT2D eigenvalue weighted by molar-refractivity contribution is -0.384. The predicted molar refractivity (Wildman–Crippen MR) is 88.3 cm³/mol. The predicted octanol–water partition coefficient (Wildman–Crippen LogP) is 3.10. The van der Waals surface area contributed by atoms with E-state index in [0.717, 1.165) is 6.07 Å². The third-order valence-corrected chi connectivity index (χ3v) is 3.11. The summed E-state index contributed by atoms with van der Waals surface area (Å²) in [5, 5.41) is 25.0. The number of hydrogen-bond acceptors (Lipinski definition) is 6. The minimum atomic E-state index is -0.724. The van der Waals surface area contributed by atoms with E-state index in [4.69, 9.17) is 16.9 Å². The highest BCUT2D eigenvalue weighted by atomic mass is 35.5. The zero-order valence-corrected chi connectivity index (χ0v) is 12.8. The molecule has 8 nitrogen and oxygen atoms in total. The lowest BCUT2D eigenvalue weighted by Crippen LogP contribution is -2.14. The summed E-state index contributed by atoms with van der Waals surface area (Å²) in [5.74, 6) is -0.266. The molecule has 0 bridgehead atoms. The molecule has 0 aliphatic carbocycles. The van der Waals surface area contributed by atoms with Crippen LogP contribution in [0.15, 0.2) is 54.4 Å². The van der Waals surface area contributed by atoms with Gasteiger partial charge in [0.2, 0.25) is 0 Å². The lowest BCUT2D eigenvalue weighted by atomic mass is 10.2. The van der Waals surface area contributed by atoms with E-state index in [1.807, 2.05) is 0 Å². The molecule has 1 amide bonds. The van der Waals surface area contributed by atoms with E-state index < -0.39 is 10.8 Å². The van der Waals surface area contributed by atoms with Crippen molar-refractivity contribution in [2.45, 2.75) is 0 Å². The standard InChI is InChI=1S/C15H10ClN5O3/c16-12-5-4-11(7-13(12)21(23)24)20-15(22)10(8-17)9-19-14-3-1-2-6-18-14/h1-7,9H,(H,18,19)(H,20,22)/b10-9-. The summed E-state index contributed by atoms with van der Waals surface area (Å²) in [6, 6.07) is 10.7. The van der Waals surface area contributed by atoms with E-state index >= 15 is 0 Å². The maximum absolute atomic E-state index is 12.1. The number of nitrogens with one attached hydrogen (secondary N) is 2. The van der Waals surface area contributed by atoms with E-state index in [9.17, 15) is 14.9 Å². The molecule has 24 heavy (non-hydrogen) atoms. The van der Waals surface area contributed by atoms with Crippen molar-refractivity contribution in [2.24, 2.45) is 0 Å². The van der Waals surface area contributed by atoms with Crippen molar-refractivity contribution in [2.75, 3.05) is 10.6 Å². The molecule has 120 valence electrons.